The molecule has 6 nitrogen and oxygen atoms in total. The summed E-state index contributed by atoms with van der Waals surface area (Å²) in [4.78, 5) is 18.2. The third-order valence-corrected chi connectivity index (χ3v) is 7.56. The monoisotopic (exact) mass is 473 g/mol. The van der Waals surface area contributed by atoms with Gasteiger partial charge in [0.2, 0.25) is 5.17 Å². The Morgan fingerprint density at radius 3 is 2.64 bits per heavy atom. The molecule has 0 spiro atoms. The van der Waals surface area contributed by atoms with Gasteiger partial charge in [0.15, 0.2) is 5.84 Å². The van der Waals surface area contributed by atoms with Crippen molar-refractivity contribution in [2.45, 2.75) is 33.6 Å². The van der Waals surface area contributed by atoms with E-state index in [1.807, 2.05) is 31.4 Å². The zero-order chi connectivity index (χ0) is 23.1. The zero-order valence-corrected chi connectivity index (χ0v) is 20.3. The summed E-state index contributed by atoms with van der Waals surface area (Å²) in [5, 5.41) is 18.0. The Morgan fingerprint density at radius 2 is 1.94 bits per heavy atom. The molecule has 0 saturated carbocycles. The Kier molecular flexibility index (Phi) is 5.64. The molecule has 0 fully saturated rings. The number of carbonyl (C=O) groups is 1. The number of benzene rings is 1. The summed E-state index contributed by atoms with van der Waals surface area (Å²) in [6.45, 7) is 6.22. The molecular weight excluding hydrogens is 450 g/mol. The van der Waals surface area contributed by atoms with E-state index in [1.54, 1.807) is 17.4 Å². The summed E-state index contributed by atoms with van der Waals surface area (Å²) in [6.07, 6.45) is 3.44. The first-order valence-corrected chi connectivity index (χ1v) is 12.4. The van der Waals surface area contributed by atoms with Crippen LogP contribution in [0.1, 0.15) is 34.3 Å². The van der Waals surface area contributed by atoms with Crippen molar-refractivity contribution in [2.75, 3.05) is 0 Å². The van der Waals surface area contributed by atoms with Gasteiger partial charge in [-0.25, -0.2) is 0 Å². The van der Waals surface area contributed by atoms with E-state index in [0.29, 0.717) is 11.6 Å². The van der Waals surface area contributed by atoms with Gasteiger partial charge in [-0.05, 0) is 78.9 Å². The van der Waals surface area contributed by atoms with Crippen molar-refractivity contribution in [1.29, 1.82) is 5.41 Å². The Bertz CT molecular complexity index is 1340. The molecule has 2 aromatic heterocycles. The van der Waals surface area contributed by atoms with Gasteiger partial charge in [0.1, 0.15) is 5.04 Å². The van der Waals surface area contributed by atoms with E-state index in [1.165, 1.54) is 27.2 Å². The van der Waals surface area contributed by atoms with Gasteiger partial charge < -0.3 is 4.57 Å². The molecule has 1 amide bonds. The maximum absolute atomic E-state index is 12.8. The van der Waals surface area contributed by atoms with E-state index in [0.717, 1.165) is 34.1 Å². The average Bonchev–Trinajstić information content (AvgIpc) is 3.52. The molecular formula is C25H23N5OS2. The van der Waals surface area contributed by atoms with Crippen LogP contribution in [0.2, 0.25) is 0 Å². The first kappa shape index (κ1) is 21.6. The van der Waals surface area contributed by atoms with Crippen molar-refractivity contribution >= 4 is 51.1 Å². The minimum Gasteiger partial charge on any atom is -0.318 e. The van der Waals surface area contributed by atoms with Gasteiger partial charge in [0, 0.05) is 28.4 Å². The number of aliphatic imine (C=N–C) groups is 1. The molecule has 1 aromatic carbocycles. The van der Waals surface area contributed by atoms with Gasteiger partial charge in [-0.2, -0.15) is 15.1 Å². The van der Waals surface area contributed by atoms with Crippen LogP contribution in [0.5, 0.6) is 0 Å². The Labute approximate surface area is 200 Å². The summed E-state index contributed by atoms with van der Waals surface area (Å²) in [5.41, 5.74) is 5.60. The van der Waals surface area contributed by atoms with Crippen LogP contribution in [0, 0.1) is 19.3 Å². The van der Waals surface area contributed by atoms with E-state index in [-0.39, 0.29) is 11.4 Å². The topological polar surface area (TPSA) is 73.8 Å². The van der Waals surface area contributed by atoms with Crippen molar-refractivity contribution in [3.63, 3.8) is 0 Å². The highest BCUT2D eigenvalue weighted by Crippen LogP contribution is 2.31. The van der Waals surface area contributed by atoms with Crippen molar-refractivity contribution in [1.82, 2.24) is 9.58 Å². The third kappa shape index (κ3) is 4.00. The van der Waals surface area contributed by atoms with Crippen LogP contribution in [0.25, 0.3) is 11.8 Å². The van der Waals surface area contributed by atoms with Gasteiger partial charge in [0.05, 0.1) is 5.57 Å². The molecule has 5 rings (SSSR count). The van der Waals surface area contributed by atoms with Crippen LogP contribution < -0.4 is 0 Å². The summed E-state index contributed by atoms with van der Waals surface area (Å²) >= 11 is 3.02. The molecule has 3 aromatic rings. The number of thioether (sulfide) groups is 1. The number of hydrazone groups is 1. The van der Waals surface area contributed by atoms with Crippen molar-refractivity contribution in [3.8, 4) is 5.69 Å². The number of thiophene rings is 1. The van der Waals surface area contributed by atoms with Crippen LogP contribution in [0.3, 0.4) is 0 Å². The second kappa shape index (κ2) is 8.61. The first-order chi connectivity index (χ1) is 15.9. The average molecular weight is 474 g/mol. The molecule has 0 aliphatic carbocycles. The van der Waals surface area contributed by atoms with Crippen LogP contribution in [0.15, 0.2) is 63.5 Å². The second-order valence-corrected chi connectivity index (χ2v) is 10.0. The number of aryl methyl sites for hydroxylation is 2. The maximum Gasteiger partial charge on any atom is 0.283 e. The van der Waals surface area contributed by atoms with E-state index >= 15 is 0 Å². The van der Waals surface area contributed by atoms with Gasteiger partial charge >= 0.3 is 0 Å². The predicted molar refractivity (Wildman–Crippen MR) is 138 cm³/mol. The molecule has 166 valence electrons. The molecule has 2 aliphatic rings. The lowest BCUT2D eigenvalue weighted by Gasteiger charge is -2.20. The molecule has 0 atom stereocenters. The molecule has 1 N–H and O–H groups in total. The van der Waals surface area contributed by atoms with Crippen LogP contribution >= 0.6 is 23.1 Å². The molecule has 0 radical (unpaired) electrons. The van der Waals surface area contributed by atoms with E-state index in [4.69, 9.17) is 5.41 Å². The lowest BCUT2D eigenvalue weighted by Crippen LogP contribution is -2.35. The summed E-state index contributed by atoms with van der Waals surface area (Å²) in [6, 6.07) is 14.6. The fraction of sp³-hybridized carbons (Fsp3) is 0.200. The number of nitrogens with zero attached hydrogens (tertiary/aromatic N) is 4. The number of amides is 1. The van der Waals surface area contributed by atoms with Crippen LogP contribution in [-0.2, 0) is 17.6 Å². The van der Waals surface area contributed by atoms with Crippen molar-refractivity contribution < 1.29 is 4.79 Å². The number of hydrogen-bond acceptors (Lipinski definition) is 5. The smallest absolute Gasteiger partial charge is 0.283 e. The van der Waals surface area contributed by atoms with E-state index < -0.39 is 5.91 Å². The number of nitrogens with one attached hydrogen (secondary N) is 1. The normalized spacial score (nSPS) is 16.9. The third-order valence-electron chi connectivity index (χ3n) is 5.77. The van der Waals surface area contributed by atoms with Gasteiger partial charge in [-0.1, -0.05) is 25.1 Å². The number of aromatic nitrogens is 1. The lowest BCUT2D eigenvalue weighted by molar-refractivity contribution is -0.114. The molecule has 8 heteroatoms. The van der Waals surface area contributed by atoms with Crippen LogP contribution in [-0.4, -0.2) is 31.5 Å². The SMILES string of the molecule is CCc1ccc(-n2c(C)cc(C=C3C(=N)N4N=C(Cc5cccs5)SC4=NC3=O)c2C)cc1. The van der Waals surface area contributed by atoms with E-state index in [2.05, 4.69) is 51.9 Å². The standard InChI is InChI=1S/C25H23N5OS2/c1-4-17-7-9-19(10-8-17)29-15(2)12-18(16(29)3)13-21-23(26)30-25(27-24(21)31)33-22(28-30)14-20-6-5-11-32-20/h5-13,26H,4,14H2,1-3H3. The minimum absolute atomic E-state index is 0.0655. The van der Waals surface area contributed by atoms with Crippen LogP contribution in [0.4, 0.5) is 0 Å². The van der Waals surface area contributed by atoms with Crippen molar-refractivity contribution in [3.05, 3.63) is 80.8 Å². The van der Waals surface area contributed by atoms with Gasteiger partial charge in [0.25, 0.3) is 5.91 Å². The van der Waals surface area contributed by atoms with E-state index in [9.17, 15) is 4.79 Å². The Balaban J connectivity index is 1.46. The summed E-state index contributed by atoms with van der Waals surface area (Å²) < 4.78 is 2.17. The largest absolute Gasteiger partial charge is 0.318 e. The quantitative estimate of drug-likeness (QED) is 0.492. The number of carbonyl (C=O) groups excluding carboxylic acids is 1. The fourth-order valence-corrected chi connectivity index (χ4v) is 5.74. The molecule has 0 unspecified atom stereocenters. The van der Waals surface area contributed by atoms with Gasteiger partial charge in [-0.15, -0.1) is 11.3 Å². The molecule has 4 heterocycles. The zero-order valence-electron chi connectivity index (χ0n) is 18.6. The Hall–Kier alpha value is -3.23. The minimum atomic E-state index is -0.400. The molecule has 0 bridgehead atoms. The number of rotatable bonds is 5. The highest BCUT2D eigenvalue weighted by atomic mass is 32.2. The lowest BCUT2D eigenvalue weighted by atomic mass is 10.1. The first-order valence-electron chi connectivity index (χ1n) is 10.7. The molecule has 2 aliphatic heterocycles. The van der Waals surface area contributed by atoms with Gasteiger partial charge in [-0.3, -0.25) is 10.2 Å². The summed E-state index contributed by atoms with van der Waals surface area (Å²) in [7, 11) is 0. The Morgan fingerprint density at radius 1 is 1.15 bits per heavy atom. The number of amidine groups is 2. The predicted octanol–water partition coefficient (Wildman–Crippen LogP) is 5.58. The highest BCUT2D eigenvalue weighted by molar-refractivity contribution is 8.27. The molecule has 33 heavy (non-hydrogen) atoms. The molecule has 0 saturated heterocycles. The fourth-order valence-electron chi connectivity index (χ4n) is 4.03. The highest BCUT2D eigenvalue weighted by Gasteiger charge is 2.35. The summed E-state index contributed by atoms with van der Waals surface area (Å²) in [5.74, 6) is -0.334. The van der Waals surface area contributed by atoms with Crippen molar-refractivity contribution in [2.24, 2.45) is 10.1 Å². The number of hydrogen-bond donors (Lipinski definition) is 1. The maximum atomic E-state index is 12.8. The number of fused-ring (bicyclic) bond motifs is 1. The second-order valence-electron chi connectivity index (χ2n) is 7.95.